The smallest absolute Gasteiger partial charge is 0.131 e. The first-order chi connectivity index (χ1) is 7.56. The summed E-state index contributed by atoms with van der Waals surface area (Å²) in [4.78, 5) is 6.65. The molecule has 0 aliphatic rings. The second-order valence-corrected chi connectivity index (χ2v) is 4.56. The third-order valence-corrected chi connectivity index (χ3v) is 2.98. The molecule has 0 bridgehead atoms. The van der Waals surface area contributed by atoms with Crippen molar-refractivity contribution in [1.29, 1.82) is 0 Å². The molecule has 1 atom stereocenters. The summed E-state index contributed by atoms with van der Waals surface area (Å²) in [6.07, 6.45) is 3.74. The molecule has 1 aromatic rings. The van der Waals surface area contributed by atoms with Crippen LogP contribution in [-0.4, -0.2) is 24.1 Å². The Morgan fingerprint density at radius 1 is 1.44 bits per heavy atom. The van der Waals surface area contributed by atoms with Gasteiger partial charge in [0.05, 0.1) is 0 Å². The van der Waals surface area contributed by atoms with E-state index in [1.54, 1.807) is 0 Å². The van der Waals surface area contributed by atoms with Crippen molar-refractivity contribution in [3.05, 3.63) is 23.9 Å². The van der Waals surface area contributed by atoms with Crippen molar-refractivity contribution in [2.75, 3.05) is 11.9 Å². The average Bonchev–Trinajstić information content (AvgIpc) is 2.28. The van der Waals surface area contributed by atoms with E-state index in [4.69, 9.17) is 5.73 Å². The van der Waals surface area contributed by atoms with Crippen LogP contribution < -0.4 is 10.6 Å². The summed E-state index contributed by atoms with van der Waals surface area (Å²) in [6.45, 7) is 6.45. The molecule has 0 saturated heterocycles. The Bertz CT molecular complexity index is 323. The SMILES string of the molecule is CCC(N)Cc1cccnc1N(C)C(C)C. The molecule has 3 nitrogen and oxygen atoms in total. The molecule has 0 fully saturated rings. The van der Waals surface area contributed by atoms with Gasteiger partial charge in [0.1, 0.15) is 5.82 Å². The zero-order chi connectivity index (χ0) is 12.1. The standard InChI is InChI=1S/C13H23N3/c1-5-12(14)9-11-7-6-8-15-13(11)16(4)10(2)3/h6-8,10,12H,5,9,14H2,1-4H3. The predicted molar refractivity (Wildman–Crippen MR) is 69.7 cm³/mol. The van der Waals surface area contributed by atoms with Gasteiger partial charge < -0.3 is 10.6 Å². The van der Waals surface area contributed by atoms with Crippen molar-refractivity contribution >= 4 is 5.82 Å². The van der Waals surface area contributed by atoms with Gasteiger partial charge in [0.25, 0.3) is 0 Å². The molecule has 90 valence electrons. The fraction of sp³-hybridized carbons (Fsp3) is 0.615. The lowest BCUT2D eigenvalue weighted by Crippen LogP contribution is -2.29. The summed E-state index contributed by atoms with van der Waals surface area (Å²) in [5.41, 5.74) is 7.25. The number of pyridine rings is 1. The fourth-order valence-corrected chi connectivity index (χ4v) is 1.58. The summed E-state index contributed by atoms with van der Waals surface area (Å²) in [6, 6.07) is 4.78. The van der Waals surface area contributed by atoms with E-state index >= 15 is 0 Å². The first kappa shape index (κ1) is 13.0. The molecule has 16 heavy (non-hydrogen) atoms. The fourth-order valence-electron chi connectivity index (χ4n) is 1.58. The zero-order valence-electron chi connectivity index (χ0n) is 10.8. The van der Waals surface area contributed by atoms with Crippen LogP contribution in [0.5, 0.6) is 0 Å². The van der Waals surface area contributed by atoms with Crippen LogP contribution >= 0.6 is 0 Å². The third-order valence-electron chi connectivity index (χ3n) is 2.98. The summed E-state index contributed by atoms with van der Waals surface area (Å²) in [7, 11) is 2.08. The van der Waals surface area contributed by atoms with Crippen molar-refractivity contribution in [2.24, 2.45) is 5.73 Å². The van der Waals surface area contributed by atoms with Crippen LogP contribution in [0.2, 0.25) is 0 Å². The van der Waals surface area contributed by atoms with Crippen LogP contribution in [0.4, 0.5) is 5.82 Å². The number of anilines is 1. The van der Waals surface area contributed by atoms with E-state index in [0.717, 1.165) is 18.7 Å². The van der Waals surface area contributed by atoms with Gasteiger partial charge in [-0.1, -0.05) is 13.0 Å². The highest BCUT2D eigenvalue weighted by Crippen LogP contribution is 2.19. The highest BCUT2D eigenvalue weighted by Gasteiger charge is 2.12. The maximum absolute atomic E-state index is 6.00. The Labute approximate surface area is 98.7 Å². The monoisotopic (exact) mass is 221 g/mol. The predicted octanol–water partition coefficient (Wildman–Crippen LogP) is 2.21. The summed E-state index contributed by atoms with van der Waals surface area (Å²) in [5, 5.41) is 0. The van der Waals surface area contributed by atoms with E-state index in [2.05, 4.69) is 43.8 Å². The Morgan fingerprint density at radius 2 is 2.12 bits per heavy atom. The molecular formula is C13H23N3. The molecular weight excluding hydrogens is 198 g/mol. The molecule has 0 spiro atoms. The van der Waals surface area contributed by atoms with Crippen molar-refractivity contribution in [3.8, 4) is 0 Å². The van der Waals surface area contributed by atoms with E-state index in [1.165, 1.54) is 5.56 Å². The van der Waals surface area contributed by atoms with Gasteiger partial charge in [0, 0.05) is 25.3 Å². The van der Waals surface area contributed by atoms with E-state index < -0.39 is 0 Å². The van der Waals surface area contributed by atoms with Crippen molar-refractivity contribution < 1.29 is 0 Å². The number of hydrogen-bond donors (Lipinski definition) is 1. The van der Waals surface area contributed by atoms with Gasteiger partial charge in [-0.3, -0.25) is 0 Å². The van der Waals surface area contributed by atoms with Gasteiger partial charge in [0.15, 0.2) is 0 Å². The van der Waals surface area contributed by atoms with Gasteiger partial charge in [-0.25, -0.2) is 4.98 Å². The zero-order valence-corrected chi connectivity index (χ0v) is 10.8. The minimum absolute atomic E-state index is 0.225. The minimum atomic E-state index is 0.225. The van der Waals surface area contributed by atoms with Crippen LogP contribution in [0, 0.1) is 0 Å². The molecule has 0 amide bonds. The van der Waals surface area contributed by atoms with Gasteiger partial charge in [-0.2, -0.15) is 0 Å². The Morgan fingerprint density at radius 3 is 2.69 bits per heavy atom. The summed E-state index contributed by atoms with van der Waals surface area (Å²) < 4.78 is 0. The number of nitrogens with two attached hydrogens (primary N) is 1. The number of nitrogens with zero attached hydrogens (tertiary/aromatic N) is 2. The number of aromatic nitrogens is 1. The molecule has 0 saturated carbocycles. The highest BCUT2D eigenvalue weighted by atomic mass is 15.2. The maximum atomic E-state index is 6.00. The Hall–Kier alpha value is -1.09. The molecule has 1 unspecified atom stereocenters. The lowest BCUT2D eigenvalue weighted by molar-refractivity contribution is 0.640. The lowest BCUT2D eigenvalue weighted by Gasteiger charge is -2.25. The first-order valence-electron chi connectivity index (χ1n) is 5.98. The maximum Gasteiger partial charge on any atom is 0.131 e. The molecule has 0 radical (unpaired) electrons. The topological polar surface area (TPSA) is 42.1 Å². The molecule has 1 aromatic heterocycles. The lowest BCUT2D eigenvalue weighted by atomic mass is 10.0. The Kier molecular flexibility index (Phi) is 4.74. The van der Waals surface area contributed by atoms with Crippen molar-refractivity contribution in [2.45, 2.75) is 45.7 Å². The summed E-state index contributed by atoms with van der Waals surface area (Å²) >= 11 is 0. The molecule has 0 aliphatic carbocycles. The van der Waals surface area contributed by atoms with Crippen LogP contribution in [0.1, 0.15) is 32.8 Å². The molecule has 0 aliphatic heterocycles. The van der Waals surface area contributed by atoms with Gasteiger partial charge in [0.2, 0.25) is 0 Å². The van der Waals surface area contributed by atoms with Gasteiger partial charge >= 0.3 is 0 Å². The van der Waals surface area contributed by atoms with E-state index in [1.807, 2.05) is 12.3 Å². The van der Waals surface area contributed by atoms with Crippen molar-refractivity contribution in [1.82, 2.24) is 4.98 Å². The van der Waals surface area contributed by atoms with Gasteiger partial charge in [-0.15, -0.1) is 0 Å². The highest BCUT2D eigenvalue weighted by molar-refractivity contribution is 5.47. The summed E-state index contributed by atoms with van der Waals surface area (Å²) in [5.74, 6) is 1.06. The second-order valence-electron chi connectivity index (χ2n) is 4.56. The molecule has 0 aromatic carbocycles. The largest absolute Gasteiger partial charge is 0.357 e. The molecule has 2 N–H and O–H groups in total. The van der Waals surface area contributed by atoms with Crippen LogP contribution in [0.15, 0.2) is 18.3 Å². The van der Waals surface area contributed by atoms with Gasteiger partial charge in [-0.05, 0) is 38.3 Å². The van der Waals surface area contributed by atoms with Crippen molar-refractivity contribution in [3.63, 3.8) is 0 Å². The Balaban J connectivity index is 2.91. The number of hydrogen-bond acceptors (Lipinski definition) is 3. The first-order valence-corrected chi connectivity index (χ1v) is 5.98. The van der Waals surface area contributed by atoms with E-state index in [9.17, 15) is 0 Å². The van der Waals surface area contributed by atoms with E-state index in [-0.39, 0.29) is 6.04 Å². The van der Waals surface area contributed by atoms with E-state index in [0.29, 0.717) is 6.04 Å². The minimum Gasteiger partial charge on any atom is -0.357 e. The van der Waals surface area contributed by atoms with Crippen LogP contribution in [0.3, 0.4) is 0 Å². The molecule has 1 rings (SSSR count). The third kappa shape index (κ3) is 3.20. The normalized spacial score (nSPS) is 12.9. The quantitative estimate of drug-likeness (QED) is 0.829. The average molecular weight is 221 g/mol. The molecule has 1 heterocycles. The number of rotatable bonds is 5. The molecule has 3 heteroatoms. The van der Waals surface area contributed by atoms with Crippen LogP contribution in [-0.2, 0) is 6.42 Å². The van der Waals surface area contributed by atoms with Crippen LogP contribution in [0.25, 0.3) is 0 Å². The second kappa shape index (κ2) is 5.85.